The van der Waals surface area contributed by atoms with Crippen LogP contribution < -0.4 is 14.8 Å². The number of likely N-dealkylation sites (tertiary alicyclic amines) is 1. The van der Waals surface area contributed by atoms with Crippen molar-refractivity contribution in [1.82, 2.24) is 20.4 Å². The number of H-pyrrole nitrogens is 1. The smallest absolute Gasteiger partial charge is 0.257 e. The van der Waals surface area contributed by atoms with E-state index in [1.54, 1.807) is 11.0 Å². The Morgan fingerprint density at radius 3 is 2.68 bits per heavy atom. The Labute approximate surface area is 178 Å². The van der Waals surface area contributed by atoms with Gasteiger partial charge in [-0.25, -0.2) is 0 Å². The number of hydrogen-bond donors (Lipinski definition) is 2. The minimum atomic E-state index is -0.196. The first kappa shape index (κ1) is 19.2. The van der Waals surface area contributed by atoms with Crippen LogP contribution in [-0.4, -0.2) is 59.3 Å². The van der Waals surface area contributed by atoms with Crippen molar-refractivity contribution in [1.29, 1.82) is 0 Å². The third-order valence-corrected chi connectivity index (χ3v) is 5.60. The zero-order valence-electron chi connectivity index (χ0n) is 16.8. The summed E-state index contributed by atoms with van der Waals surface area (Å²) >= 11 is 0. The van der Waals surface area contributed by atoms with Crippen molar-refractivity contribution >= 4 is 11.8 Å². The summed E-state index contributed by atoms with van der Waals surface area (Å²) in [6.45, 7) is 2.18. The van der Waals surface area contributed by atoms with Gasteiger partial charge in [0, 0.05) is 24.7 Å². The lowest BCUT2D eigenvalue weighted by molar-refractivity contribution is 0.0697. The van der Waals surface area contributed by atoms with Crippen LogP contribution >= 0.6 is 0 Å². The molecule has 0 bridgehead atoms. The second kappa shape index (κ2) is 8.17. The lowest BCUT2D eigenvalue weighted by atomic mass is 10.0. The van der Waals surface area contributed by atoms with Gasteiger partial charge in [0.05, 0.1) is 29.3 Å². The molecule has 2 aliphatic heterocycles. The molecule has 31 heavy (non-hydrogen) atoms. The number of aromatic nitrogens is 2. The molecule has 1 saturated heterocycles. The molecule has 0 aliphatic carbocycles. The van der Waals surface area contributed by atoms with Gasteiger partial charge in [0.15, 0.2) is 11.5 Å². The molecule has 5 rings (SSSR count). The standard InChI is InChI=1S/C22H22N4O5/c27-21(24-16-3-6-26(7-4-16)22(28)15-5-8-29-13-15)17-12-23-25-20(17)14-1-2-18-19(11-14)31-10-9-30-18/h1-2,5,8,11-13,16H,3-4,6-7,9-10H2,(H,23,25)(H,24,27). The van der Waals surface area contributed by atoms with Crippen LogP contribution in [0, 0.1) is 0 Å². The summed E-state index contributed by atoms with van der Waals surface area (Å²) in [4.78, 5) is 27.1. The van der Waals surface area contributed by atoms with Crippen molar-refractivity contribution < 1.29 is 23.5 Å². The summed E-state index contributed by atoms with van der Waals surface area (Å²) in [6.07, 6.45) is 5.84. The van der Waals surface area contributed by atoms with Crippen LogP contribution in [0.15, 0.2) is 47.4 Å². The average Bonchev–Trinajstić information content (AvgIpc) is 3.51. The zero-order valence-corrected chi connectivity index (χ0v) is 16.8. The number of benzene rings is 1. The predicted molar refractivity (Wildman–Crippen MR) is 110 cm³/mol. The summed E-state index contributed by atoms with van der Waals surface area (Å²) in [7, 11) is 0. The minimum absolute atomic E-state index is 0.0103. The van der Waals surface area contributed by atoms with Crippen LogP contribution in [0.4, 0.5) is 0 Å². The fraction of sp³-hybridized carbons (Fsp3) is 0.318. The van der Waals surface area contributed by atoms with Gasteiger partial charge in [0.2, 0.25) is 0 Å². The molecule has 2 aromatic heterocycles. The van der Waals surface area contributed by atoms with Gasteiger partial charge >= 0.3 is 0 Å². The fourth-order valence-corrected chi connectivity index (χ4v) is 3.94. The van der Waals surface area contributed by atoms with E-state index >= 15 is 0 Å². The molecule has 0 spiro atoms. The molecule has 2 aliphatic rings. The van der Waals surface area contributed by atoms with E-state index in [4.69, 9.17) is 13.9 Å². The molecule has 9 nitrogen and oxygen atoms in total. The third kappa shape index (κ3) is 3.86. The molecule has 1 aromatic carbocycles. The Morgan fingerprint density at radius 2 is 1.90 bits per heavy atom. The summed E-state index contributed by atoms with van der Waals surface area (Å²) < 4.78 is 16.2. The van der Waals surface area contributed by atoms with Crippen LogP contribution in [0.2, 0.25) is 0 Å². The normalized spacial score (nSPS) is 16.2. The Kier molecular flexibility index (Phi) is 5.07. The van der Waals surface area contributed by atoms with Gasteiger partial charge in [-0.15, -0.1) is 0 Å². The molecule has 2 amide bonds. The summed E-state index contributed by atoms with van der Waals surface area (Å²) in [5.74, 6) is 1.10. The molecule has 0 radical (unpaired) electrons. The molecular weight excluding hydrogens is 400 g/mol. The van der Waals surface area contributed by atoms with Crippen LogP contribution in [-0.2, 0) is 0 Å². The van der Waals surface area contributed by atoms with Gasteiger partial charge in [0.25, 0.3) is 11.8 Å². The maximum atomic E-state index is 12.9. The minimum Gasteiger partial charge on any atom is -0.486 e. The van der Waals surface area contributed by atoms with Crippen LogP contribution in [0.1, 0.15) is 33.6 Å². The van der Waals surface area contributed by atoms with Crippen LogP contribution in [0.5, 0.6) is 11.5 Å². The number of fused-ring (bicyclic) bond motifs is 1. The first-order chi connectivity index (χ1) is 15.2. The number of carbonyl (C=O) groups is 2. The predicted octanol–water partition coefficient (Wildman–Crippen LogP) is 2.48. The third-order valence-electron chi connectivity index (χ3n) is 5.60. The van der Waals surface area contributed by atoms with Gasteiger partial charge in [0.1, 0.15) is 19.5 Å². The van der Waals surface area contributed by atoms with Crippen molar-refractivity contribution in [2.45, 2.75) is 18.9 Å². The van der Waals surface area contributed by atoms with Crippen LogP contribution in [0.25, 0.3) is 11.3 Å². The average molecular weight is 422 g/mol. The van der Waals surface area contributed by atoms with E-state index in [1.807, 2.05) is 18.2 Å². The second-order valence-corrected chi connectivity index (χ2v) is 7.57. The molecule has 4 heterocycles. The summed E-state index contributed by atoms with van der Waals surface area (Å²) in [6, 6.07) is 7.20. The van der Waals surface area contributed by atoms with Crippen LogP contribution in [0.3, 0.4) is 0 Å². The number of hydrogen-bond acceptors (Lipinski definition) is 6. The zero-order chi connectivity index (χ0) is 21.2. The maximum absolute atomic E-state index is 12.9. The lowest BCUT2D eigenvalue weighted by Gasteiger charge is -2.32. The number of nitrogens with one attached hydrogen (secondary N) is 2. The van der Waals surface area contributed by atoms with E-state index < -0.39 is 0 Å². The quantitative estimate of drug-likeness (QED) is 0.669. The van der Waals surface area contributed by atoms with Crippen molar-refractivity contribution in [3.05, 3.63) is 54.1 Å². The highest BCUT2D eigenvalue weighted by atomic mass is 16.6. The molecule has 3 aromatic rings. The Morgan fingerprint density at radius 1 is 1.10 bits per heavy atom. The Hall–Kier alpha value is -3.75. The van der Waals surface area contributed by atoms with Crippen molar-refractivity contribution in [2.24, 2.45) is 0 Å². The van der Waals surface area contributed by atoms with E-state index in [2.05, 4.69) is 15.5 Å². The van der Waals surface area contributed by atoms with E-state index in [0.717, 1.165) is 5.56 Å². The fourth-order valence-electron chi connectivity index (χ4n) is 3.94. The molecule has 9 heteroatoms. The summed E-state index contributed by atoms with van der Waals surface area (Å²) in [5, 5.41) is 10.1. The largest absolute Gasteiger partial charge is 0.486 e. The van der Waals surface area contributed by atoms with Gasteiger partial charge in [-0.3, -0.25) is 14.7 Å². The van der Waals surface area contributed by atoms with Gasteiger partial charge < -0.3 is 24.1 Å². The van der Waals surface area contributed by atoms with Gasteiger partial charge in [-0.1, -0.05) is 0 Å². The highest BCUT2D eigenvalue weighted by Gasteiger charge is 2.26. The van der Waals surface area contributed by atoms with E-state index in [1.165, 1.54) is 18.7 Å². The first-order valence-corrected chi connectivity index (χ1v) is 10.2. The molecular formula is C22H22N4O5. The number of carbonyl (C=O) groups excluding carboxylic acids is 2. The van der Waals surface area contributed by atoms with Crippen molar-refractivity contribution in [3.8, 4) is 22.8 Å². The molecule has 0 unspecified atom stereocenters. The number of nitrogens with zero attached hydrogens (tertiary/aromatic N) is 2. The number of ether oxygens (including phenoxy) is 2. The maximum Gasteiger partial charge on any atom is 0.257 e. The monoisotopic (exact) mass is 422 g/mol. The SMILES string of the molecule is O=C(NC1CCN(C(=O)c2ccoc2)CC1)c1cn[nH]c1-c1ccc2c(c1)OCCO2. The highest BCUT2D eigenvalue weighted by molar-refractivity contribution is 6.00. The molecule has 1 fully saturated rings. The van der Waals surface area contributed by atoms with E-state index in [0.29, 0.717) is 67.5 Å². The number of furan rings is 1. The Bertz CT molecular complexity index is 1080. The number of rotatable bonds is 4. The molecule has 2 N–H and O–H groups in total. The first-order valence-electron chi connectivity index (χ1n) is 10.2. The lowest BCUT2D eigenvalue weighted by Crippen LogP contribution is -2.46. The second-order valence-electron chi connectivity index (χ2n) is 7.57. The molecule has 160 valence electrons. The summed E-state index contributed by atoms with van der Waals surface area (Å²) in [5.41, 5.74) is 2.44. The Balaban J connectivity index is 1.23. The number of amides is 2. The van der Waals surface area contributed by atoms with Gasteiger partial charge in [-0.2, -0.15) is 5.10 Å². The van der Waals surface area contributed by atoms with Gasteiger partial charge in [-0.05, 0) is 37.1 Å². The molecule has 0 saturated carbocycles. The van der Waals surface area contributed by atoms with E-state index in [9.17, 15) is 9.59 Å². The number of piperidine rings is 1. The molecule has 0 atom stereocenters. The highest BCUT2D eigenvalue weighted by Crippen LogP contribution is 2.34. The van der Waals surface area contributed by atoms with Crippen molar-refractivity contribution in [2.75, 3.05) is 26.3 Å². The van der Waals surface area contributed by atoms with Crippen molar-refractivity contribution in [3.63, 3.8) is 0 Å². The topological polar surface area (TPSA) is 110 Å². The number of aromatic amines is 1. The van der Waals surface area contributed by atoms with E-state index in [-0.39, 0.29) is 17.9 Å².